The molecule has 0 spiro atoms. The molecule has 1 aliphatic rings. The first-order chi connectivity index (χ1) is 8.11. The monoisotopic (exact) mass is 236 g/mol. The van der Waals surface area contributed by atoms with Crippen molar-refractivity contribution in [3.05, 3.63) is 12.3 Å². The fourth-order valence-electron chi connectivity index (χ4n) is 1.83. The molecule has 5 nitrogen and oxygen atoms in total. The summed E-state index contributed by atoms with van der Waals surface area (Å²) in [4.78, 5) is 13.8. The summed E-state index contributed by atoms with van der Waals surface area (Å²) in [5.41, 5.74) is 0. The number of amides is 2. The first kappa shape index (κ1) is 12.0. The third kappa shape index (κ3) is 2.78. The van der Waals surface area contributed by atoms with Crippen LogP contribution < -0.4 is 5.32 Å². The van der Waals surface area contributed by atoms with Crippen molar-refractivity contribution >= 4 is 11.8 Å². The van der Waals surface area contributed by atoms with Crippen molar-refractivity contribution in [1.29, 1.82) is 0 Å². The Morgan fingerprint density at radius 3 is 2.82 bits per heavy atom. The highest BCUT2D eigenvalue weighted by atomic mass is 16.2. The van der Waals surface area contributed by atoms with Crippen molar-refractivity contribution in [2.75, 3.05) is 11.9 Å². The number of carbonyl (C=O) groups excluding carboxylic acids is 1. The SMILES string of the molecule is CCN(C(=O)Nc1ccn(C(C)C)n1)C1CC1. The van der Waals surface area contributed by atoms with Crippen molar-refractivity contribution in [2.45, 2.75) is 45.7 Å². The molecular formula is C12H20N4O. The van der Waals surface area contributed by atoms with E-state index in [2.05, 4.69) is 24.3 Å². The Morgan fingerprint density at radius 1 is 1.65 bits per heavy atom. The van der Waals surface area contributed by atoms with E-state index in [1.165, 1.54) is 0 Å². The molecular weight excluding hydrogens is 216 g/mol. The van der Waals surface area contributed by atoms with Gasteiger partial charge in [-0.3, -0.25) is 10.00 Å². The van der Waals surface area contributed by atoms with E-state index < -0.39 is 0 Å². The van der Waals surface area contributed by atoms with E-state index >= 15 is 0 Å². The lowest BCUT2D eigenvalue weighted by Crippen LogP contribution is -2.36. The molecule has 0 atom stereocenters. The Kier molecular flexibility index (Phi) is 3.36. The van der Waals surface area contributed by atoms with Crippen molar-refractivity contribution in [3.8, 4) is 0 Å². The minimum Gasteiger partial charge on any atom is -0.322 e. The molecule has 0 unspecified atom stereocenters. The maximum absolute atomic E-state index is 12.0. The quantitative estimate of drug-likeness (QED) is 0.873. The minimum atomic E-state index is -0.0380. The van der Waals surface area contributed by atoms with E-state index in [9.17, 15) is 4.79 Å². The Balaban J connectivity index is 1.96. The van der Waals surface area contributed by atoms with Crippen LogP contribution in [0.15, 0.2) is 12.3 Å². The Bertz CT molecular complexity index is 395. The van der Waals surface area contributed by atoms with Crippen LogP contribution in [0.5, 0.6) is 0 Å². The van der Waals surface area contributed by atoms with Crippen molar-refractivity contribution < 1.29 is 4.79 Å². The van der Waals surface area contributed by atoms with Crippen molar-refractivity contribution in [3.63, 3.8) is 0 Å². The molecule has 1 aromatic heterocycles. The van der Waals surface area contributed by atoms with Crippen LogP contribution >= 0.6 is 0 Å². The molecule has 1 saturated carbocycles. The molecule has 1 heterocycles. The lowest BCUT2D eigenvalue weighted by molar-refractivity contribution is 0.212. The molecule has 17 heavy (non-hydrogen) atoms. The van der Waals surface area contributed by atoms with Crippen LogP contribution in [0.3, 0.4) is 0 Å². The summed E-state index contributed by atoms with van der Waals surface area (Å²) >= 11 is 0. The third-order valence-corrected chi connectivity index (χ3v) is 2.96. The van der Waals surface area contributed by atoms with Crippen LogP contribution in [0.2, 0.25) is 0 Å². The van der Waals surface area contributed by atoms with Crippen LogP contribution in [0.4, 0.5) is 10.6 Å². The first-order valence-electron chi connectivity index (χ1n) is 6.24. The number of urea groups is 1. The lowest BCUT2D eigenvalue weighted by Gasteiger charge is -2.19. The predicted octanol–water partition coefficient (Wildman–Crippen LogP) is 2.48. The van der Waals surface area contributed by atoms with Gasteiger partial charge in [0.05, 0.1) is 0 Å². The molecule has 2 amide bonds. The third-order valence-electron chi connectivity index (χ3n) is 2.96. The topological polar surface area (TPSA) is 50.2 Å². The summed E-state index contributed by atoms with van der Waals surface area (Å²) < 4.78 is 1.84. The Labute approximate surface area is 102 Å². The Morgan fingerprint density at radius 2 is 2.35 bits per heavy atom. The summed E-state index contributed by atoms with van der Waals surface area (Å²) in [5.74, 6) is 0.628. The van der Waals surface area contributed by atoms with Gasteiger partial charge in [0.25, 0.3) is 0 Å². The summed E-state index contributed by atoms with van der Waals surface area (Å²) in [6.45, 7) is 6.87. The van der Waals surface area contributed by atoms with Crippen LogP contribution in [0.1, 0.15) is 39.7 Å². The molecule has 0 saturated heterocycles. The van der Waals surface area contributed by atoms with E-state index in [1.807, 2.05) is 28.8 Å². The van der Waals surface area contributed by atoms with Gasteiger partial charge in [0, 0.05) is 30.9 Å². The number of nitrogens with zero attached hydrogens (tertiary/aromatic N) is 3. The molecule has 5 heteroatoms. The van der Waals surface area contributed by atoms with E-state index in [1.54, 1.807) is 0 Å². The molecule has 1 aromatic rings. The van der Waals surface area contributed by atoms with Gasteiger partial charge in [0.15, 0.2) is 5.82 Å². The van der Waals surface area contributed by atoms with Crippen molar-refractivity contribution in [1.82, 2.24) is 14.7 Å². The van der Waals surface area contributed by atoms with E-state index in [0.29, 0.717) is 17.9 Å². The molecule has 0 aromatic carbocycles. The molecule has 2 rings (SSSR count). The van der Waals surface area contributed by atoms with Crippen LogP contribution in [-0.2, 0) is 0 Å². The normalized spacial score (nSPS) is 15.1. The second-order valence-corrected chi connectivity index (χ2v) is 4.72. The maximum atomic E-state index is 12.0. The van der Waals surface area contributed by atoms with Gasteiger partial charge < -0.3 is 4.90 Å². The molecule has 0 bridgehead atoms. The fourth-order valence-corrected chi connectivity index (χ4v) is 1.83. The number of nitrogens with one attached hydrogen (secondary N) is 1. The highest BCUT2D eigenvalue weighted by Gasteiger charge is 2.31. The van der Waals surface area contributed by atoms with Gasteiger partial charge in [0.1, 0.15) is 0 Å². The molecule has 1 N–H and O–H groups in total. The first-order valence-corrected chi connectivity index (χ1v) is 6.24. The van der Waals surface area contributed by atoms with E-state index in [4.69, 9.17) is 0 Å². The average molecular weight is 236 g/mol. The smallest absolute Gasteiger partial charge is 0.322 e. The number of carbonyl (C=O) groups is 1. The molecule has 0 aliphatic heterocycles. The van der Waals surface area contributed by atoms with E-state index in [-0.39, 0.29) is 6.03 Å². The maximum Gasteiger partial charge on any atom is 0.323 e. The Hall–Kier alpha value is -1.52. The zero-order valence-corrected chi connectivity index (χ0v) is 10.7. The van der Waals surface area contributed by atoms with Gasteiger partial charge in [-0.1, -0.05) is 0 Å². The van der Waals surface area contributed by atoms with Gasteiger partial charge >= 0.3 is 6.03 Å². The molecule has 0 radical (unpaired) electrons. The number of hydrogen-bond acceptors (Lipinski definition) is 2. The van der Waals surface area contributed by atoms with Gasteiger partial charge in [-0.2, -0.15) is 5.10 Å². The lowest BCUT2D eigenvalue weighted by atomic mass is 10.4. The summed E-state index contributed by atoms with van der Waals surface area (Å²) in [6.07, 6.45) is 4.14. The number of aromatic nitrogens is 2. The summed E-state index contributed by atoms with van der Waals surface area (Å²) in [5, 5.41) is 7.15. The van der Waals surface area contributed by atoms with Gasteiger partial charge in [-0.05, 0) is 33.6 Å². The second-order valence-electron chi connectivity index (χ2n) is 4.72. The minimum absolute atomic E-state index is 0.0380. The van der Waals surface area contributed by atoms with Crippen LogP contribution in [0.25, 0.3) is 0 Å². The highest BCUT2D eigenvalue weighted by molar-refractivity contribution is 5.88. The number of rotatable bonds is 4. The van der Waals surface area contributed by atoms with Gasteiger partial charge in [-0.15, -0.1) is 0 Å². The summed E-state index contributed by atoms with van der Waals surface area (Å²) in [7, 11) is 0. The number of hydrogen-bond donors (Lipinski definition) is 1. The second kappa shape index (κ2) is 4.77. The standard InChI is InChI=1S/C12H20N4O/c1-4-15(10-5-6-10)12(17)13-11-7-8-16(14-11)9(2)3/h7-10H,4-6H2,1-3H3,(H,13,14,17). The predicted molar refractivity (Wildman–Crippen MR) is 67.0 cm³/mol. The van der Waals surface area contributed by atoms with Crippen molar-refractivity contribution in [2.24, 2.45) is 0 Å². The van der Waals surface area contributed by atoms with Crippen LogP contribution in [-0.4, -0.2) is 33.3 Å². The molecule has 94 valence electrons. The molecule has 1 fully saturated rings. The zero-order chi connectivity index (χ0) is 12.4. The summed E-state index contributed by atoms with van der Waals surface area (Å²) in [6, 6.07) is 2.54. The zero-order valence-electron chi connectivity index (χ0n) is 10.7. The van der Waals surface area contributed by atoms with Gasteiger partial charge in [-0.25, -0.2) is 4.79 Å². The van der Waals surface area contributed by atoms with Gasteiger partial charge in [0.2, 0.25) is 0 Å². The largest absolute Gasteiger partial charge is 0.323 e. The van der Waals surface area contributed by atoms with Crippen LogP contribution in [0, 0.1) is 0 Å². The molecule has 1 aliphatic carbocycles. The van der Waals surface area contributed by atoms with E-state index in [0.717, 1.165) is 19.4 Å². The highest BCUT2D eigenvalue weighted by Crippen LogP contribution is 2.27. The average Bonchev–Trinajstić information content (AvgIpc) is 2.98. The number of anilines is 1. The fraction of sp³-hybridized carbons (Fsp3) is 0.667.